The Bertz CT molecular complexity index is 646. The first-order valence-electron chi connectivity index (χ1n) is 5.99. The van der Waals surface area contributed by atoms with Crippen LogP contribution in [0.25, 0.3) is 0 Å². The molecule has 2 rings (SSSR count). The third-order valence-corrected chi connectivity index (χ3v) is 3.59. The second-order valence-corrected chi connectivity index (χ2v) is 5.07. The maximum Gasteiger partial charge on any atom is 0.133 e. The zero-order valence-electron chi connectivity index (χ0n) is 11.2. The van der Waals surface area contributed by atoms with Gasteiger partial charge in [-0.1, -0.05) is 18.3 Å². The fraction of sp³-hybridized carbons (Fsp3) is 0.286. The molecule has 0 spiro atoms. The van der Waals surface area contributed by atoms with Crippen LogP contribution in [0.5, 0.6) is 0 Å². The summed E-state index contributed by atoms with van der Waals surface area (Å²) in [4.78, 5) is 0.0731. The maximum absolute atomic E-state index is 13.5. The number of aryl methyl sites for hydroxylation is 1. The van der Waals surface area contributed by atoms with Crippen molar-refractivity contribution in [2.75, 3.05) is 0 Å². The molecule has 0 aliphatic rings. The molecule has 0 atom stereocenters. The van der Waals surface area contributed by atoms with Gasteiger partial charge in [-0.05, 0) is 44.0 Å². The Hall–Kier alpha value is -1.75. The Morgan fingerprint density at radius 2 is 2.05 bits per heavy atom. The first-order chi connectivity index (χ1) is 8.90. The van der Waals surface area contributed by atoms with Gasteiger partial charge in [0.25, 0.3) is 0 Å². The predicted molar refractivity (Wildman–Crippen MR) is 77.8 cm³/mol. The standard InChI is InChI=1S/C14H16FN3S/c1-8-9(2)17-18(10(8)3)7-11-4-5-13(15)12(6-11)14(16)19/h4-6H,7H2,1-3H3,(H2,16,19). The van der Waals surface area contributed by atoms with Crippen molar-refractivity contribution in [3.8, 4) is 0 Å². The van der Waals surface area contributed by atoms with Crippen LogP contribution >= 0.6 is 12.2 Å². The second kappa shape index (κ2) is 5.09. The van der Waals surface area contributed by atoms with E-state index in [0.717, 1.165) is 17.0 Å². The largest absolute Gasteiger partial charge is 0.389 e. The molecule has 0 unspecified atom stereocenters. The van der Waals surface area contributed by atoms with Crippen LogP contribution in [0, 0.1) is 26.6 Å². The van der Waals surface area contributed by atoms with Crippen molar-refractivity contribution in [2.45, 2.75) is 27.3 Å². The predicted octanol–water partition coefficient (Wildman–Crippen LogP) is 2.63. The van der Waals surface area contributed by atoms with Crippen molar-refractivity contribution in [2.24, 2.45) is 5.73 Å². The molecular formula is C14H16FN3S. The molecule has 0 bridgehead atoms. The third-order valence-electron chi connectivity index (χ3n) is 3.37. The lowest BCUT2D eigenvalue weighted by Crippen LogP contribution is -2.13. The SMILES string of the molecule is Cc1nn(Cc2ccc(F)c(C(N)=S)c2)c(C)c1C. The van der Waals surface area contributed by atoms with E-state index < -0.39 is 0 Å². The topological polar surface area (TPSA) is 43.8 Å². The van der Waals surface area contributed by atoms with Crippen LogP contribution in [-0.4, -0.2) is 14.8 Å². The van der Waals surface area contributed by atoms with Crippen molar-refractivity contribution in [1.82, 2.24) is 9.78 Å². The summed E-state index contributed by atoms with van der Waals surface area (Å²) in [5, 5.41) is 4.46. The van der Waals surface area contributed by atoms with E-state index in [4.69, 9.17) is 18.0 Å². The van der Waals surface area contributed by atoms with Crippen molar-refractivity contribution in [3.05, 3.63) is 52.1 Å². The number of halogens is 1. The van der Waals surface area contributed by atoms with Gasteiger partial charge in [-0.25, -0.2) is 4.39 Å². The number of thiocarbonyl (C=S) groups is 1. The quantitative estimate of drug-likeness (QED) is 0.877. The van der Waals surface area contributed by atoms with E-state index in [1.807, 2.05) is 25.5 Å². The molecule has 3 nitrogen and oxygen atoms in total. The van der Waals surface area contributed by atoms with Gasteiger partial charge in [-0.3, -0.25) is 4.68 Å². The lowest BCUT2D eigenvalue weighted by Gasteiger charge is -2.08. The molecule has 0 amide bonds. The van der Waals surface area contributed by atoms with Gasteiger partial charge in [-0.2, -0.15) is 5.10 Å². The first kappa shape index (κ1) is 13.7. The Labute approximate surface area is 117 Å². The molecule has 0 aliphatic carbocycles. The van der Waals surface area contributed by atoms with E-state index in [-0.39, 0.29) is 16.4 Å². The molecule has 19 heavy (non-hydrogen) atoms. The molecule has 2 N–H and O–H groups in total. The Balaban J connectivity index is 2.36. The molecule has 1 heterocycles. The highest BCUT2D eigenvalue weighted by Crippen LogP contribution is 2.15. The summed E-state index contributed by atoms with van der Waals surface area (Å²) >= 11 is 4.84. The smallest absolute Gasteiger partial charge is 0.133 e. The van der Waals surface area contributed by atoms with E-state index in [9.17, 15) is 4.39 Å². The number of nitrogens with two attached hydrogens (primary N) is 1. The Morgan fingerprint density at radius 1 is 1.37 bits per heavy atom. The molecule has 5 heteroatoms. The Kier molecular flexibility index (Phi) is 3.66. The van der Waals surface area contributed by atoms with E-state index in [2.05, 4.69) is 5.10 Å². The van der Waals surface area contributed by atoms with Crippen molar-refractivity contribution < 1.29 is 4.39 Å². The number of rotatable bonds is 3. The van der Waals surface area contributed by atoms with Gasteiger partial charge in [0.05, 0.1) is 12.2 Å². The lowest BCUT2D eigenvalue weighted by atomic mass is 10.1. The molecule has 0 aliphatic heterocycles. The van der Waals surface area contributed by atoms with E-state index in [1.54, 1.807) is 12.1 Å². The van der Waals surface area contributed by atoms with E-state index >= 15 is 0 Å². The van der Waals surface area contributed by atoms with Gasteiger partial charge in [-0.15, -0.1) is 0 Å². The molecular weight excluding hydrogens is 261 g/mol. The molecule has 0 fully saturated rings. The molecule has 1 aromatic heterocycles. The van der Waals surface area contributed by atoms with Crippen molar-refractivity contribution >= 4 is 17.2 Å². The zero-order valence-corrected chi connectivity index (χ0v) is 12.0. The summed E-state index contributed by atoms with van der Waals surface area (Å²) in [6.07, 6.45) is 0. The van der Waals surface area contributed by atoms with Crippen LogP contribution in [0.4, 0.5) is 4.39 Å². The normalized spacial score (nSPS) is 10.7. The molecule has 1 aromatic carbocycles. The summed E-state index contributed by atoms with van der Waals surface area (Å²) in [7, 11) is 0. The highest BCUT2D eigenvalue weighted by Gasteiger charge is 2.10. The van der Waals surface area contributed by atoms with Gasteiger partial charge in [0.15, 0.2) is 0 Å². The monoisotopic (exact) mass is 277 g/mol. The fourth-order valence-electron chi connectivity index (χ4n) is 1.97. The fourth-order valence-corrected chi connectivity index (χ4v) is 2.13. The first-order valence-corrected chi connectivity index (χ1v) is 6.40. The number of nitrogens with zero attached hydrogens (tertiary/aromatic N) is 2. The number of aromatic nitrogens is 2. The maximum atomic E-state index is 13.5. The Morgan fingerprint density at radius 3 is 2.58 bits per heavy atom. The number of hydrogen-bond donors (Lipinski definition) is 1. The van der Waals surface area contributed by atoms with Crippen LogP contribution < -0.4 is 5.73 Å². The summed E-state index contributed by atoms with van der Waals surface area (Å²) in [5.41, 5.74) is 10.0. The van der Waals surface area contributed by atoms with Crippen molar-refractivity contribution in [1.29, 1.82) is 0 Å². The minimum atomic E-state index is -0.388. The highest BCUT2D eigenvalue weighted by atomic mass is 32.1. The summed E-state index contributed by atoms with van der Waals surface area (Å²) in [5.74, 6) is -0.388. The van der Waals surface area contributed by atoms with Gasteiger partial charge >= 0.3 is 0 Å². The van der Waals surface area contributed by atoms with Crippen LogP contribution in [0.3, 0.4) is 0 Å². The zero-order chi connectivity index (χ0) is 14.2. The lowest BCUT2D eigenvalue weighted by molar-refractivity contribution is 0.620. The summed E-state index contributed by atoms with van der Waals surface area (Å²) in [6.45, 7) is 6.62. The minimum absolute atomic E-state index is 0.0731. The summed E-state index contributed by atoms with van der Waals surface area (Å²) < 4.78 is 15.4. The van der Waals surface area contributed by atoms with Crippen LogP contribution in [0.1, 0.15) is 28.1 Å². The number of benzene rings is 1. The highest BCUT2D eigenvalue weighted by molar-refractivity contribution is 7.80. The van der Waals surface area contributed by atoms with Crippen molar-refractivity contribution in [3.63, 3.8) is 0 Å². The van der Waals surface area contributed by atoms with Crippen LogP contribution in [-0.2, 0) is 6.54 Å². The minimum Gasteiger partial charge on any atom is -0.389 e. The number of hydrogen-bond acceptors (Lipinski definition) is 2. The van der Waals surface area contributed by atoms with E-state index in [0.29, 0.717) is 6.54 Å². The summed E-state index contributed by atoms with van der Waals surface area (Å²) in [6, 6.07) is 4.80. The van der Waals surface area contributed by atoms with E-state index in [1.165, 1.54) is 11.6 Å². The average Bonchev–Trinajstić information content (AvgIpc) is 2.59. The van der Waals surface area contributed by atoms with Gasteiger partial charge in [0, 0.05) is 11.3 Å². The molecule has 100 valence electrons. The molecule has 0 saturated carbocycles. The van der Waals surface area contributed by atoms with Gasteiger partial charge in [0.1, 0.15) is 10.8 Å². The third kappa shape index (κ3) is 2.66. The van der Waals surface area contributed by atoms with Gasteiger partial charge < -0.3 is 5.73 Å². The van der Waals surface area contributed by atoms with Crippen LogP contribution in [0.2, 0.25) is 0 Å². The molecule has 0 saturated heterocycles. The average molecular weight is 277 g/mol. The molecule has 2 aromatic rings. The van der Waals surface area contributed by atoms with Crippen LogP contribution in [0.15, 0.2) is 18.2 Å². The molecule has 0 radical (unpaired) electrons. The second-order valence-electron chi connectivity index (χ2n) is 4.63. The van der Waals surface area contributed by atoms with Gasteiger partial charge in [0.2, 0.25) is 0 Å².